The number of carbonyl (C=O) groups is 1. The van der Waals surface area contributed by atoms with E-state index in [2.05, 4.69) is 0 Å². The molecule has 5 N–H and O–H groups in total. The SMILES string of the molecule is COc1ccc(OCC(=O)NP(N)(N)=O)cc1. The lowest BCUT2D eigenvalue weighted by Gasteiger charge is -2.10. The molecule has 8 heteroatoms. The first-order valence-electron chi connectivity index (χ1n) is 4.66. The van der Waals surface area contributed by atoms with E-state index in [0.29, 0.717) is 11.5 Å². The fourth-order valence-corrected chi connectivity index (χ4v) is 1.50. The number of nitrogens with one attached hydrogen (secondary N) is 1. The van der Waals surface area contributed by atoms with Gasteiger partial charge in [-0.05, 0) is 24.3 Å². The van der Waals surface area contributed by atoms with Crippen molar-refractivity contribution < 1.29 is 18.8 Å². The summed E-state index contributed by atoms with van der Waals surface area (Å²) in [5.41, 5.74) is 9.95. The van der Waals surface area contributed by atoms with E-state index in [1.807, 2.05) is 5.09 Å². The third-order valence-electron chi connectivity index (χ3n) is 1.73. The van der Waals surface area contributed by atoms with E-state index >= 15 is 0 Å². The van der Waals surface area contributed by atoms with Gasteiger partial charge in [-0.1, -0.05) is 0 Å². The van der Waals surface area contributed by atoms with Crippen LogP contribution in [0.5, 0.6) is 11.5 Å². The summed E-state index contributed by atoms with van der Waals surface area (Å²) in [6.45, 7) is -0.315. The van der Waals surface area contributed by atoms with Gasteiger partial charge in [-0.2, -0.15) is 0 Å². The molecule has 0 unspecified atom stereocenters. The van der Waals surface area contributed by atoms with Gasteiger partial charge >= 0.3 is 0 Å². The molecule has 0 bridgehead atoms. The van der Waals surface area contributed by atoms with Crippen LogP contribution < -0.4 is 25.6 Å². The van der Waals surface area contributed by atoms with Crippen molar-refractivity contribution >= 4 is 13.5 Å². The van der Waals surface area contributed by atoms with Crippen LogP contribution in [0.15, 0.2) is 24.3 Å². The van der Waals surface area contributed by atoms with E-state index in [-0.39, 0.29) is 6.61 Å². The molecule has 0 aliphatic rings. The van der Waals surface area contributed by atoms with Gasteiger partial charge in [-0.25, -0.2) is 0 Å². The molecule has 0 spiro atoms. The summed E-state index contributed by atoms with van der Waals surface area (Å²) in [6.07, 6.45) is 0. The third-order valence-corrected chi connectivity index (χ3v) is 2.33. The molecule has 0 radical (unpaired) electrons. The van der Waals surface area contributed by atoms with Crippen molar-refractivity contribution in [2.45, 2.75) is 0 Å². The minimum absolute atomic E-state index is 0.315. The molecule has 0 saturated carbocycles. The van der Waals surface area contributed by atoms with Gasteiger partial charge in [0.1, 0.15) is 11.5 Å². The van der Waals surface area contributed by atoms with Crippen LogP contribution in [0.2, 0.25) is 0 Å². The van der Waals surface area contributed by atoms with E-state index in [1.165, 1.54) is 0 Å². The summed E-state index contributed by atoms with van der Waals surface area (Å²) < 4.78 is 20.9. The Morgan fingerprint density at radius 1 is 1.29 bits per heavy atom. The highest BCUT2D eigenvalue weighted by Gasteiger charge is 2.12. The Labute approximate surface area is 98.6 Å². The van der Waals surface area contributed by atoms with Crippen molar-refractivity contribution in [3.8, 4) is 11.5 Å². The van der Waals surface area contributed by atoms with Gasteiger partial charge in [0.15, 0.2) is 6.61 Å². The molecule has 17 heavy (non-hydrogen) atoms. The van der Waals surface area contributed by atoms with Gasteiger partial charge in [0.25, 0.3) is 13.5 Å². The molecule has 1 amide bonds. The molecule has 0 atom stereocenters. The normalized spacial score (nSPS) is 10.8. The average molecular weight is 259 g/mol. The second-order valence-corrected chi connectivity index (χ2v) is 4.85. The molecule has 0 aliphatic carbocycles. The van der Waals surface area contributed by atoms with Gasteiger partial charge in [0, 0.05) is 0 Å². The monoisotopic (exact) mass is 259 g/mol. The molecule has 0 aromatic heterocycles. The standard InChI is InChI=1S/C9H14N3O4P/c1-15-7-2-4-8(5-3-7)16-6-9(13)12-17(10,11)14/h2-5H,6H2,1H3,(H5,10,11,12,13,14). The summed E-state index contributed by atoms with van der Waals surface area (Å²) in [5, 5.41) is 1.93. The zero-order valence-corrected chi connectivity index (χ0v) is 10.1. The maximum absolute atomic E-state index is 11.2. The van der Waals surface area contributed by atoms with Gasteiger partial charge in [0.2, 0.25) is 0 Å². The number of hydrogen-bond donors (Lipinski definition) is 3. The van der Waals surface area contributed by atoms with E-state index in [1.54, 1.807) is 31.4 Å². The third kappa shape index (κ3) is 5.35. The highest BCUT2D eigenvalue weighted by atomic mass is 31.2. The maximum Gasteiger partial charge on any atom is 0.300 e. The minimum atomic E-state index is -3.56. The summed E-state index contributed by atoms with van der Waals surface area (Å²) in [4.78, 5) is 11.2. The van der Waals surface area contributed by atoms with Gasteiger partial charge in [-0.3, -0.25) is 25.5 Å². The Morgan fingerprint density at radius 2 is 1.82 bits per heavy atom. The maximum atomic E-state index is 11.2. The van der Waals surface area contributed by atoms with E-state index in [9.17, 15) is 9.36 Å². The summed E-state index contributed by atoms with van der Waals surface area (Å²) >= 11 is 0. The Kier molecular flexibility index (Phi) is 4.51. The molecule has 0 saturated heterocycles. The highest BCUT2D eigenvalue weighted by Crippen LogP contribution is 2.18. The molecular formula is C9H14N3O4P. The van der Waals surface area contributed by atoms with Crippen molar-refractivity contribution in [3.63, 3.8) is 0 Å². The van der Waals surface area contributed by atoms with Crippen LogP contribution in [0.3, 0.4) is 0 Å². The second kappa shape index (κ2) is 5.67. The molecule has 0 aliphatic heterocycles. The number of amides is 1. The predicted molar refractivity (Wildman–Crippen MR) is 62.6 cm³/mol. The number of carbonyl (C=O) groups excluding carboxylic acids is 1. The lowest BCUT2D eigenvalue weighted by Crippen LogP contribution is -2.32. The predicted octanol–water partition coefficient (Wildman–Crippen LogP) is 0.216. The number of methoxy groups -OCH3 is 1. The summed E-state index contributed by atoms with van der Waals surface area (Å²) in [5.74, 6) is 0.509. The number of rotatable bonds is 5. The van der Waals surface area contributed by atoms with Crippen LogP contribution >= 0.6 is 7.59 Å². The number of ether oxygens (including phenoxy) is 2. The van der Waals surface area contributed by atoms with Crippen molar-refractivity contribution in [3.05, 3.63) is 24.3 Å². The molecule has 1 aromatic rings. The number of nitrogens with two attached hydrogens (primary N) is 2. The molecule has 0 fully saturated rings. The fourth-order valence-electron chi connectivity index (χ4n) is 1.05. The molecule has 7 nitrogen and oxygen atoms in total. The zero-order chi connectivity index (χ0) is 12.9. The van der Waals surface area contributed by atoms with Gasteiger partial charge in [0.05, 0.1) is 7.11 Å². The Hall–Kier alpha value is -1.56. The lowest BCUT2D eigenvalue weighted by atomic mass is 10.3. The fraction of sp³-hybridized carbons (Fsp3) is 0.222. The van der Waals surface area contributed by atoms with E-state index < -0.39 is 13.5 Å². The quantitative estimate of drug-likeness (QED) is 0.651. The van der Waals surface area contributed by atoms with E-state index in [4.69, 9.17) is 20.5 Å². The minimum Gasteiger partial charge on any atom is -0.497 e. The molecule has 0 heterocycles. The zero-order valence-electron chi connectivity index (χ0n) is 9.25. The smallest absolute Gasteiger partial charge is 0.300 e. The first-order chi connectivity index (χ1) is 7.90. The summed E-state index contributed by atoms with van der Waals surface area (Å²) in [6, 6.07) is 6.64. The van der Waals surface area contributed by atoms with Crippen LogP contribution in [-0.2, 0) is 9.36 Å². The Bertz CT molecular complexity index is 428. The second-order valence-electron chi connectivity index (χ2n) is 3.21. The lowest BCUT2D eigenvalue weighted by molar-refractivity contribution is -0.121. The molecule has 1 rings (SSSR count). The van der Waals surface area contributed by atoms with Crippen molar-refractivity contribution in [2.75, 3.05) is 13.7 Å². The number of hydrogen-bond acceptors (Lipinski definition) is 4. The van der Waals surface area contributed by atoms with Crippen molar-refractivity contribution in [1.29, 1.82) is 0 Å². The Morgan fingerprint density at radius 3 is 2.29 bits per heavy atom. The van der Waals surface area contributed by atoms with Crippen LogP contribution in [0, 0.1) is 0 Å². The topological polar surface area (TPSA) is 117 Å². The largest absolute Gasteiger partial charge is 0.497 e. The average Bonchev–Trinajstić information content (AvgIpc) is 2.25. The molecular weight excluding hydrogens is 245 g/mol. The Balaban J connectivity index is 2.45. The van der Waals surface area contributed by atoms with Crippen molar-refractivity contribution in [2.24, 2.45) is 11.0 Å². The van der Waals surface area contributed by atoms with Crippen LogP contribution in [0.4, 0.5) is 0 Å². The summed E-state index contributed by atoms with van der Waals surface area (Å²) in [7, 11) is -2.01. The first kappa shape index (κ1) is 13.5. The molecule has 1 aromatic carbocycles. The molecule has 94 valence electrons. The van der Waals surface area contributed by atoms with Gasteiger partial charge < -0.3 is 9.47 Å². The van der Waals surface area contributed by atoms with Gasteiger partial charge in [-0.15, -0.1) is 0 Å². The first-order valence-corrected chi connectivity index (χ1v) is 6.50. The van der Waals surface area contributed by atoms with Crippen LogP contribution in [-0.4, -0.2) is 19.6 Å². The van der Waals surface area contributed by atoms with Crippen LogP contribution in [0.1, 0.15) is 0 Å². The number of benzene rings is 1. The van der Waals surface area contributed by atoms with Crippen LogP contribution in [0.25, 0.3) is 0 Å². The van der Waals surface area contributed by atoms with E-state index in [0.717, 1.165) is 0 Å². The highest BCUT2D eigenvalue weighted by molar-refractivity contribution is 7.57. The van der Waals surface area contributed by atoms with Crippen molar-refractivity contribution in [1.82, 2.24) is 5.09 Å².